The molecule has 1 aliphatic rings. The van der Waals surface area contributed by atoms with Crippen molar-refractivity contribution in [1.82, 2.24) is 15.3 Å². The number of rotatable bonds is 4. The van der Waals surface area contributed by atoms with Crippen molar-refractivity contribution in [3.8, 4) is 0 Å². The summed E-state index contributed by atoms with van der Waals surface area (Å²) in [6.07, 6.45) is 5.34. The van der Waals surface area contributed by atoms with E-state index in [-0.39, 0.29) is 12.1 Å². The molecule has 6 nitrogen and oxygen atoms in total. The van der Waals surface area contributed by atoms with Crippen LogP contribution in [0.2, 0.25) is 0 Å². The van der Waals surface area contributed by atoms with Gasteiger partial charge in [-0.2, -0.15) is 0 Å². The van der Waals surface area contributed by atoms with E-state index >= 15 is 0 Å². The number of anilines is 1. The van der Waals surface area contributed by atoms with Gasteiger partial charge in [0, 0.05) is 19.1 Å². The molecule has 1 fully saturated rings. The molecule has 6 heteroatoms. The summed E-state index contributed by atoms with van der Waals surface area (Å²) in [6, 6.07) is 0.0962. The summed E-state index contributed by atoms with van der Waals surface area (Å²) in [5.41, 5.74) is 0.470. The van der Waals surface area contributed by atoms with E-state index in [4.69, 9.17) is 4.74 Å². The van der Waals surface area contributed by atoms with Crippen LogP contribution in [0.4, 0.5) is 10.6 Å². The minimum absolute atomic E-state index is 0.0962. The van der Waals surface area contributed by atoms with Crippen molar-refractivity contribution < 1.29 is 9.53 Å². The van der Waals surface area contributed by atoms with E-state index in [1.54, 1.807) is 6.20 Å². The highest BCUT2D eigenvalue weighted by Gasteiger charge is 2.26. The second-order valence-electron chi connectivity index (χ2n) is 7.40. The molecule has 128 valence electrons. The Morgan fingerprint density at radius 2 is 2.17 bits per heavy atom. The lowest BCUT2D eigenvalue weighted by molar-refractivity contribution is 0.0503. The van der Waals surface area contributed by atoms with Gasteiger partial charge in [-0.25, -0.2) is 9.78 Å². The SMILES string of the molecule is Cc1cnc(N2CCC(CC(C)NC(=O)OC(C)(C)C)C2)cn1. The molecule has 0 aromatic carbocycles. The third-order valence-corrected chi connectivity index (χ3v) is 3.83. The molecular formula is C17H28N4O2. The first-order chi connectivity index (χ1) is 10.7. The molecule has 2 heterocycles. The summed E-state index contributed by atoms with van der Waals surface area (Å²) in [6.45, 7) is 11.5. The second kappa shape index (κ2) is 7.15. The largest absolute Gasteiger partial charge is 0.444 e. The van der Waals surface area contributed by atoms with Crippen LogP contribution >= 0.6 is 0 Å². The van der Waals surface area contributed by atoms with Gasteiger partial charge in [-0.1, -0.05) is 0 Å². The summed E-state index contributed by atoms with van der Waals surface area (Å²) in [5, 5.41) is 2.92. The number of aryl methyl sites for hydroxylation is 1. The van der Waals surface area contributed by atoms with Crippen molar-refractivity contribution in [2.45, 2.75) is 59.1 Å². The van der Waals surface area contributed by atoms with Gasteiger partial charge >= 0.3 is 6.09 Å². The average molecular weight is 320 g/mol. The lowest BCUT2D eigenvalue weighted by Crippen LogP contribution is -2.38. The Balaban J connectivity index is 1.78. The van der Waals surface area contributed by atoms with E-state index in [1.165, 1.54) is 0 Å². The Labute approximate surface area is 138 Å². The van der Waals surface area contributed by atoms with Crippen molar-refractivity contribution in [3.05, 3.63) is 18.1 Å². The summed E-state index contributed by atoms with van der Waals surface area (Å²) in [7, 11) is 0. The first kappa shape index (κ1) is 17.5. The van der Waals surface area contributed by atoms with E-state index in [0.717, 1.165) is 37.4 Å². The molecule has 1 aromatic rings. The number of hydrogen-bond donors (Lipinski definition) is 1. The lowest BCUT2D eigenvalue weighted by atomic mass is 10.0. The van der Waals surface area contributed by atoms with Crippen LogP contribution in [0.3, 0.4) is 0 Å². The van der Waals surface area contributed by atoms with Gasteiger partial charge in [-0.3, -0.25) is 4.98 Å². The molecule has 0 aliphatic carbocycles. The van der Waals surface area contributed by atoms with Crippen molar-refractivity contribution in [2.24, 2.45) is 5.92 Å². The van der Waals surface area contributed by atoms with Crippen molar-refractivity contribution in [3.63, 3.8) is 0 Å². The molecule has 0 bridgehead atoms. The standard InChI is InChI=1S/C17H28N4O2/c1-12(20-16(22)23-17(3,4)5)8-14-6-7-21(11-14)15-10-18-13(2)9-19-15/h9-10,12,14H,6-8,11H2,1-5H3,(H,20,22). The second-order valence-corrected chi connectivity index (χ2v) is 7.40. The van der Waals surface area contributed by atoms with Crippen LogP contribution in [-0.2, 0) is 4.74 Å². The van der Waals surface area contributed by atoms with Crippen LogP contribution in [0.25, 0.3) is 0 Å². The predicted octanol–water partition coefficient (Wildman–Crippen LogP) is 2.91. The quantitative estimate of drug-likeness (QED) is 0.924. The summed E-state index contributed by atoms with van der Waals surface area (Å²) < 4.78 is 5.30. The van der Waals surface area contributed by atoms with Crippen molar-refractivity contribution >= 4 is 11.9 Å². The van der Waals surface area contributed by atoms with E-state index in [1.807, 2.05) is 40.8 Å². The molecule has 0 radical (unpaired) electrons. The third-order valence-electron chi connectivity index (χ3n) is 3.83. The molecule has 23 heavy (non-hydrogen) atoms. The molecule has 0 saturated carbocycles. The average Bonchev–Trinajstić information content (AvgIpc) is 2.85. The number of aromatic nitrogens is 2. The number of ether oxygens (including phenoxy) is 1. The third kappa shape index (κ3) is 5.69. The fourth-order valence-electron chi connectivity index (χ4n) is 2.85. The number of amides is 1. The molecule has 2 atom stereocenters. The first-order valence-corrected chi connectivity index (χ1v) is 8.26. The zero-order valence-electron chi connectivity index (χ0n) is 14.8. The van der Waals surface area contributed by atoms with E-state index in [2.05, 4.69) is 20.2 Å². The van der Waals surface area contributed by atoms with Gasteiger partial charge in [0.25, 0.3) is 0 Å². The zero-order valence-corrected chi connectivity index (χ0v) is 14.8. The van der Waals surface area contributed by atoms with Crippen LogP contribution in [0.15, 0.2) is 12.4 Å². The van der Waals surface area contributed by atoms with Gasteiger partial charge in [-0.05, 0) is 53.4 Å². The minimum Gasteiger partial charge on any atom is -0.444 e. The van der Waals surface area contributed by atoms with E-state index in [0.29, 0.717) is 5.92 Å². The van der Waals surface area contributed by atoms with Crippen LogP contribution in [0.1, 0.15) is 46.2 Å². The molecule has 0 spiro atoms. The van der Waals surface area contributed by atoms with Crippen LogP contribution < -0.4 is 10.2 Å². The number of carbonyl (C=O) groups excluding carboxylic acids is 1. The molecular weight excluding hydrogens is 292 g/mol. The Hall–Kier alpha value is -1.85. The molecule has 1 saturated heterocycles. The lowest BCUT2D eigenvalue weighted by Gasteiger charge is -2.23. The summed E-state index contributed by atoms with van der Waals surface area (Å²) >= 11 is 0. The normalized spacial score (nSPS) is 19.5. The smallest absolute Gasteiger partial charge is 0.407 e. The fourth-order valence-corrected chi connectivity index (χ4v) is 2.85. The number of alkyl carbamates (subject to hydrolysis) is 1. The van der Waals surface area contributed by atoms with Gasteiger partial charge in [0.05, 0.1) is 18.1 Å². The van der Waals surface area contributed by atoms with Gasteiger partial charge in [0.1, 0.15) is 11.4 Å². The molecule has 1 aromatic heterocycles. The minimum atomic E-state index is -0.460. The summed E-state index contributed by atoms with van der Waals surface area (Å²) in [4.78, 5) is 22.8. The number of nitrogens with one attached hydrogen (secondary N) is 1. The maximum Gasteiger partial charge on any atom is 0.407 e. The molecule has 1 aliphatic heterocycles. The van der Waals surface area contributed by atoms with Gasteiger partial charge < -0.3 is 15.0 Å². The molecule has 2 rings (SSSR count). The number of hydrogen-bond acceptors (Lipinski definition) is 5. The maximum atomic E-state index is 11.8. The highest BCUT2D eigenvalue weighted by Crippen LogP contribution is 2.24. The fraction of sp³-hybridized carbons (Fsp3) is 0.706. The Bertz CT molecular complexity index is 524. The van der Waals surface area contributed by atoms with E-state index < -0.39 is 5.60 Å². The number of carbonyl (C=O) groups is 1. The predicted molar refractivity (Wildman–Crippen MR) is 90.5 cm³/mol. The maximum absolute atomic E-state index is 11.8. The highest BCUT2D eigenvalue weighted by molar-refractivity contribution is 5.68. The monoisotopic (exact) mass is 320 g/mol. The van der Waals surface area contributed by atoms with Crippen LogP contribution in [-0.4, -0.2) is 40.8 Å². The van der Waals surface area contributed by atoms with Crippen LogP contribution in [0, 0.1) is 12.8 Å². The highest BCUT2D eigenvalue weighted by atomic mass is 16.6. The van der Waals surface area contributed by atoms with Gasteiger partial charge in [0.15, 0.2) is 0 Å². The molecule has 2 unspecified atom stereocenters. The first-order valence-electron chi connectivity index (χ1n) is 8.26. The summed E-state index contributed by atoms with van der Waals surface area (Å²) in [5.74, 6) is 1.48. The Morgan fingerprint density at radius 1 is 1.43 bits per heavy atom. The van der Waals surface area contributed by atoms with Crippen LogP contribution in [0.5, 0.6) is 0 Å². The number of nitrogens with zero attached hydrogens (tertiary/aromatic N) is 3. The van der Waals surface area contributed by atoms with Crippen molar-refractivity contribution in [1.29, 1.82) is 0 Å². The Morgan fingerprint density at radius 3 is 2.78 bits per heavy atom. The van der Waals surface area contributed by atoms with Gasteiger partial charge in [0.2, 0.25) is 0 Å². The molecule has 1 amide bonds. The Kier molecular flexibility index (Phi) is 5.44. The van der Waals surface area contributed by atoms with Crippen molar-refractivity contribution in [2.75, 3.05) is 18.0 Å². The zero-order chi connectivity index (χ0) is 17.0. The van der Waals surface area contributed by atoms with E-state index in [9.17, 15) is 4.79 Å². The van der Waals surface area contributed by atoms with Gasteiger partial charge in [-0.15, -0.1) is 0 Å². The molecule has 1 N–H and O–H groups in total. The topological polar surface area (TPSA) is 67.4 Å².